The van der Waals surface area contributed by atoms with Crippen molar-refractivity contribution in [2.24, 2.45) is 0 Å². The predicted molar refractivity (Wildman–Crippen MR) is 123 cm³/mol. The van der Waals surface area contributed by atoms with E-state index in [0.717, 1.165) is 47.2 Å². The van der Waals surface area contributed by atoms with Crippen LogP contribution in [0, 0.1) is 6.92 Å². The third kappa shape index (κ3) is 5.17. The van der Waals surface area contributed by atoms with Crippen molar-refractivity contribution < 1.29 is 24.2 Å². The molecule has 4 rings (SSSR count). The number of hydrogen-bond donors (Lipinski definition) is 2. The number of aryl methyl sites for hydroxylation is 2. The minimum atomic E-state index is -0.918. The molecule has 0 bridgehead atoms. The average molecular weight is 454 g/mol. The van der Waals surface area contributed by atoms with Crippen LogP contribution in [0.15, 0.2) is 28.8 Å². The summed E-state index contributed by atoms with van der Waals surface area (Å²) in [7, 11) is 1.62. The lowest BCUT2D eigenvalue weighted by atomic mass is 10.0. The van der Waals surface area contributed by atoms with Gasteiger partial charge in [0.05, 0.1) is 13.7 Å². The maximum Gasteiger partial charge on any atom is 0.258 e. The number of nitrogens with zero attached hydrogens (tertiary/aromatic N) is 3. The molecule has 0 spiro atoms. The van der Waals surface area contributed by atoms with Crippen LogP contribution in [-0.4, -0.2) is 51.8 Å². The number of aromatic nitrogens is 3. The summed E-state index contributed by atoms with van der Waals surface area (Å²) in [6.45, 7) is 3.65. The highest BCUT2D eigenvalue weighted by Gasteiger charge is 2.22. The molecule has 33 heavy (non-hydrogen) atoms. The zero-order valence-corrected chi connectivity index (χ0v) is 19.4. The van der Waals surface area contributed by atoms with E-state index < -0.39 is 6.10 Å². The first kappa shape index (κ1) is 23.2. The first-order valence-corrected chi connectivity index (χ1v) is 11.5. The number of rotatable bonds is 9. The van der Waals surface area contributed by atoms with E-state index in [1.165, 1.54) is 12.8 Å². The molecule has 1 fully saturated rings. The molecule has 0 amide bonds. The molecule has 1 saturated carbocycles. The van der Waals surface area contributed by atoms with Gasteiger partial charge in [0.2, 0.25) is 11.7 Å². The lowest BCUT2D eigenvalue weighted by Crippen LogP contribution is -2.22. The minimum Gasteiger partial charge on any atom is -0.490 e. The molecule has 8 heteroatoms. The van der Waals surface area contributed by atoms with Gasteiger partial charge in [0.15, 0.2) is 0 Å². The molecule has 3 aromatic rings. The molecule has 0 aliphatic heterocycles. The van der Waals surface area contributed by atoms with Crippen LogP contribution in [0.5, 0.6) is 11.6 Å². The Kier molecular flexibility index (Phi) is 7.25. The lowest BCUT2D eigenvalue weighted by molar-refractivity contribution is 0.0531. The van der Waals surface area contributed by atoms with Crippen molar-refractivity contribution in [3.05, 3.63) is 41.1 Å². The topological polar surface area (TPSA) is 111 Å². The molecule has 176 valence electrons. The van der Waals surface area contributed by atoms with E-state index in [1.54, 1.807) is 7.11 Å². The molecular formula is C25H31N3O5. The highest BCUT2D eigenvalue weighted by Crippen LogP contribution is 2.36. The number of aliphatic hydroxyl groups excluding tert-OH is 2. The summed E-state index contributed by atoms with van der Waals surface area (Å²) in [6, 6.07) is 7.76. The van der Waals surface area contributed by atoms with Gasteiger partial charge in [-0.05, 0) is 55.5 Å². The van der Waals surface area contributed by atoms with Gasteiger partial charge >= 0.3 is 0 Å². The Hall–Kier alpha value is -2.97. The van der Waals surface area contributed by atoms with Crippen LogP contribution in [0.3, 0.4) is 0 Å². The van der Waals surface area contributed by atoms with Gasteiger partial charge in [-0.1, -0.05) is 24.9 Å². The third-order valence-corrected chi connectivity index (χ3v) is 6.10. The highest BCUT2D eigenvalue weighted by molar-refractivity contribution is 5.64. The van der Waals surface area contributed by atoms with Crippen LogP contribution in [0.25, 0.3) is 22.8 Å². The van der Waals surface area contributed by atoms with Crippen LogP contribution >= 0.6 is 0 Å². The summed E-state index contributed by atoms with van der Waals surface area (Å²) in [5.41, 5.74) is 4.50. The van der Waals surface area contributed by atoms with Gasteiger partial charge < -0.3 is 24.2 Å². The average Bonchev–Trinajstić information content (AvgIpc) is 3.55. The molecule has 1 aliphatic rings. The van der Waals surface area contributed by atoms with Gasteiger partial charge in [-0.3, -0.25) is 0 Å². The Morgan fingerprint density at radius 1 is 1.12 bits per heavy atom. The fourth-order valence-electron chi connectivity index (χ4n) is 4.32. The molecule has 0 radical (unpaired) electrons. The molecule has 2 N–H and O–H groups in total. The summed E-state index contributed by atoms with van der Waals surface area (Å²) in [5.74, 6) is 2.61. The number of benzene rings is 1. The fourth-order valence-corrected chi connectivity index (χ4v) is 4.32. The summed E-state index contributed by atoms with van der Waals surface area (Å²) >= 11 is 0. The second-order valence-electron chi connectivity index (χ2n) is 8.51. The SMILES string of the molecule is CCc1cc(-c2nc(-c3cc(OC)nc(C4CCCC4)c3)no2)cc(C)c1OC[C@H](O)CO. The van der Waals surface area contributed by atoms with Gasteiger partial charge in [-0.2, -0.15) is 4.98 Å². The van der Waals surface area contributed by atoms with E-state index in [4.69, 9.17) is 19.1 Å². The smallest absolute Gasteiger partial charge is 0.258 e. The van der Waals surface area contributed by atoms with Gasteiger partial charge in [-0.25, -0.2) is 4.98 Å². The Morgan fingerprint density at radius 2 is 1.91 bits per heavy atom. The van der Waals surface area contributed by atoms with Crippen LogP contribution in [0.1, 0.15) is 55.3 Å². The van der Waals surface area contributed by atoms with Crippen molar-refractivity contribution in [2.45, 2.75) is 58.0 Å². The number of pyridine rings is 1. The van der Waals surface area contributed by atoms with Crippen molar-refractivity contribution in [1.29, 1.82) is 0 Å². The number of ether oxygens (including phenoxy) is 2. The van der Waals surface area contributed by atoms with Crippen LogP contribution in [0.2, 0.25) is 0 Å². The standard InChI is InChI=1S/C25H31N3O5/c1-4-16-10-19(9-15(2)23(16)32-14-20(30)13-29)25-27-24(28-33-25)18-11-21(17-7-5-6-8-17)26-22(12-18)31-3/h9-12,17,20,29-30H,4-8,13-14H2,1-3H3/t20-/m1/s1. The lowest BCUT2D eigenvalue weighted by Gasteiger charge is -2.16. The molecular weight excluding hydrogens is 422 g/mol. The van der Waals surface area contributed by atoms with E-state index in [0.29, 0.717) is 29.3 Å². The van der Waals surface area contributed by atoms with E-state index >= 15 is 0 Å². The van der Waals surface area contributed by atoms with Crippen molar-refractivity contribution in [3.63, 3.8) is 0 Å². The van der Waals surface area contributed by atoms with Gasteiger partial charge in [0.25, 0.3) is 5.89 Å². The molecule has 0 saturated heterocycles. The zero-order valence-electron chi connectivity index (χ0n) is 19.4. The van der Waals surface area contributed by atoms with Crippen LogP contribution in [0.4, 0.5) is 0 Å². The molecule has 2 aromatic heterocycles. The highest BCUT2D eigenvalue weighted by atomic mass is 16.5. The van der Waals surface area contributed by atoms with E-state index in [1.807, 2.05) is 38.1 Å². The Bertz CT molecular complexity index is 1090. The van der Waals surface area contributed by atoms with Gasteiger partial charge in [0.1, 0.15) is 18.5 Å². The summed E-state index contributed by atoms with van der Waals surface area (Å²) < 4.78 is 16.8. The van der Waals surface area contributed by atoms with Crippen LogP contribution < -0.4 is 9.47 Å². The van der Waals surface area contributed by atoms with E-state index in [9.17, 15) is 5.11 Å². The first-order valence-electron chi connectivity index (χ1n) is 11.5. The van der Waals surface area contributed by atoms with Crippen molar-refractivity contribution >= 4 is 0 Å². The molecule has 1 aliphatic carbocycles. The van der Waals surface area contributed by atoms with Crippen molar-refractivity contribution in [3.8, 4) is 34.5 Å². The minimum absolute atomic E-state index is 0.0294. The predicted octanol–water partition coefficient (Wildman–Crippen LogP) is 4.07. The monoisotopic (exact) mass is 453 g/mol. The largest absolute Gasteiger partial charge is 0.490 e. The second-order valence-corrected chi connectivity index (χ2v) is 8.51. The first-order chi connectivity index (χ1) is 16.0. The van der Waals surface area contributed by atoms with Crippen molar-refractivity contribution in [1.82, 2.24) is 15.1 Å². The van der Waals surface area contributed by atoms with Gasteiger partial charge in [0, 0.05) is 28.8 Å². The quantitative estimate of drug-likeness (QED) is 0.499. The Morgan fingerprint density at radius 3 is 2.61 bits per heavy atom. The molecule has 0 unspecified atom stereocenters. The summed E-state index contributed by atoms with van der Waals surface area (Å²) in [5, 5.41) is 22.9. The number of methoxy groups -OCH3 is 1. The Balaban J connectivity index is 1.63. The zero-order chi connectivity index (χ0) is 23.4. The molecule has 2 heterocycles. The van der Waals surface area contributed by atoms with E-state index in [2.05, 4.69) is 15.1 Å². The van der Waals surface area contributed by atoms with Crippen LogP contribution in [-0.2, 0) is 6.42 Å². The van der Waals surface area contributed by atoms with Crippen molar-refractivity contribution in [2.75, 3.05) is 20.3 Å². The summed E-state index contributed by atoms with van der Waals surface area (Å²) in [6.07, 6.45) is 4.54. The maximum absolute atomic E-state index is 9.62. The maximum atomic E-state index is 9.62. The van der Waals surface area contributed by atoms with E-state index in [-0.39, 0.29) is 13.2 Å². The Labute approximate surface area is 193 Å². The fraction of sp³-hybridized carbons (Fsp3) is 0.480. The molecule has 1 aromatic carbocycles. The second kappa shape index (κ2) is 10.3. The number of aliphatic hydroxyl groups is 2. The molecule has 1 atom stereocenters. The normalized spacial score (nSPS) is 15.1. The third-order valence-electron chi connectivity index (χ3n) is 6.10. The number of hydrogen-bond acceptors (Lipinski definition) is 8. The van der Waals surface area contributed by atoms with Gasteiger partial charge in [-0.15, -0.1) is 0 Å². The summed E-state index contributed by atoms with van der Waals surface area (Å²) in [4.78, 5) is 9.30. The molecule has 8 nitrogen and oxygen atoms in total.